The maximum absolute atomic E-state index is 5.86. The van der Waals surface area contributed by atoms with Crippen LogP contribution in [0.15, 0.2) is 73.1 Å². The lowest BCUT2D eigenvalue weighted by Gasteiger charge is -2.28. The highest BCUT2D eigenvalue weighted by atomic mass is 32.1. The zero-order chi connectivity index (χ0) is 23.8. The number of benzene rings is 1. The summed E-state index contributed by atoms with van der Waals surface area (Å²) in [4.78, 5) is 11.5. The largest absolute Gasteiger partial charge is 0.352 e. The normalized spacial score (nSPS) is 17.8. The van der Waals surface area contributed by atoms with Gasteiger partial charge >= 0.3 is 0 Å². The Labute approximate surface area is 206 Å². The predicted octanol–water partition coefficient (Wildman–Crippen LogP) is 5.67. The number of pyridine rings is 2. The van der Waals surface area contributed by atoms with Gasteiger partial charge in [0.1, 0.15) is 0 Å². The molecule has 0 amide bonds. The molecule has 5 rings (SSSR count). The topological polar surface area (TPSA) is 46.0 Å². The van der Waals surface area contributed by atoms with Crippen molar-refractivity contribution in [2.75, 3.05) is 0 Å². The molecule has 172 valence electrons. The van der Waals surface area contributed by atoms with E-state index in [1.54, 1.807) is 0 Å². The number of nitrogens with zero attached hydrogens (tertiary/aromatic N) is 4. The van der Waals surface area contributed by atoms with E-state index < -0.39 is 0 Å². The van der Waals surface area contributed by atoms with Gasteiger partial charge in [-0.15, -0.1) is 0 Å². The van der Waals surface area contributed by atoms with Crippen LogP contribution in [-0.4, -0.2) is 24.5 Å². The van der Waals surface area contributed by atoms with E-state index in [2.05, 4.69) is 82.8 Å². The van der Waals surface area contributed by atoms with Gasteiger partial charge in [-0.25, -0.2) is 0 Å². The van der Waals surface area contributed by atoms with E-state index in [9.17, 15) is 0 Å². The Hall–Kier alpha value is -3.51. The lowest BCUT2D eigenvalue weighted by Crippen LogP contribution is -2.29. The molecular weight excluding hydrogens is 438 g/mol. The van der Waals surface area contributed by atoms with Gasteiger partial charge in [-0.05, 0) is 86.9 Å². The molecule has 0 radical (unpaired) electrons. The van der Waals surface area contributed by atoms with E-state index in [-0.39, 0.29) is 12.1 Å². The van der Waals surface area contributed by atoms with E-state index in [0.29, 0.717) is 6.54 Å². The predicted molar refractivity (Wildman–Crippen MR) is 140 cm³/mol. The molecule has 2 atom stereocenters. The lowest BCUT2D eigenvalue weighted by molar-refractivity contribution is 0.307. The van der Waals surface area contributed by atoms with Crippen molar-refractivity contribution in [2.24, 2.45) is 0 Å². The van der Waals surface area contributed by atoms with Gasteiger partial charge in [0, 0.05) is 23.8 Å². The van der Waals surface area contributed by atoms with Gasteiger partial charge in [-0.1, -0.05) is 30.3 Å². The SMILES string of the molecule is Cc1cccc(C)c1-n1c(C)cc([C@H]2[C@H](c3ccccn3)NC(=S)N2Cc2ccccn2)c1C. The monoisotopic (exact) mass is 467 g/mol. The number of aromatic nitrogens is 3. The van der Waals surface area contributed by atoms with E-state index in [1.165, 1.54) is 33.8 Å². The molecule has 0 saturated carbocycles. The number of nitrogens with one attached hydrogen (secondary N) is 1. The van der Waals surface area contributed by atoms with Crippen molar-refractivity contribution in [1.29, 1.82) is 0 Å². The summed E-state index contributed by atoms with van der Waals surface area (Å²) in [6.45, 7) is 9.38. The van der Waals surface area contributed by atoms with Crippen molar-refractivity contribution in [1.82, 2.24) is 24.8 Å². The minimum absolute atomic E-state index is 0.00585. The molecule has 4 heterocycles. The van der Waals surface area contributed by atoms with E-state index >= 15 is 0 Å². The highest BCUT2D eigenvalue weighted by Gasteiger charge is 2.41. The molecule has 0 spiro atoms. The van der Waals surface area contributed by atoms with E-state index in [4.69, 9.17) is 12.2 Å². The molecule has 0 aliphatic carbocycles. The summed E-state index contributed by atoms with van der Waals surface area (Å²) in [5, 5.41) is 4.29. The third kappa shape index (κ3) is 3.88. The Balaban J connectivity index is 1.65. The summed E-state index contributed by atoms with van der Waals surface area (Å²) in [7, 11) is 0. The number of hydrogen-bond donors (Lipinski definition) is 1. The van der Waals surface area contributed by atoms with Crippen molar-refractivity contribution in [3.8, 4) is 5.69 Å². The summed E-state index contributed by atoms with van der Waals surface area (Å²) < 4.78 is 2.38. The number of para-hydroxylation sites is 1. The Bertz CT molecular complexity index is 1310. The van der Waals surface area contributed by atoms with Gasteiger partial charge in [-0.3, -0.25) is 9.97 Å². The molecule has 1 aromatic carbocycles. The average Bonchev–Trinajstić information content (AvgIpc) is 3.31. The molecule has 3 aromatic heterocycles. The molecule has 1 aliphatic rings. The number of aryl methyl sites for hydroxylation is 3. The molecule has 1 fully saturated rings. The first-order valence-corrected chi connectivity index (χ1v) is 12.0. The van der Waals surface area contributed by atoms with Gasteiger partial charge in [0.2, 0.25) is 0 Å². The molecule has 0 unspecified atom stereocenters. The van der Waals surface area contributed by atoms with Crippen LogP contribution in [0.4, 0.5) is 0 Å². The lowest BCUT2D eigenvalue weighted by atomic mass is 9.96. The van der Waals surface area contributed by atoms with E-state index in [0.717, 1.165) is 16.5 Å². The summed E-state index contributed by atoms with van der Waals surface area (Å²) >= 11 is 5.86. The maximum Gasteiger partial charge on any atom is 0.170 e. The van der Waals surface area contributed by atoms with Crippen LogP contribution in [0.5, 0.6) is 0 Å². The molecule has 1 aliphatic heterocycles. The van der Waals surface area contributed by atoms with Gasteiger partial charge in [0.25, 0.3) is 0 Å². The number of rotatable bonds is 5. The fourth-order valence-electron chi connectivity index (χ4n) is 5.17. The van der Waals surface area contributed by atoms with Crippen LogP contribution in [0.3, 0.4) is 0 Å². The molecule has 0 bridgehead atoms. The molecule has 6 heteroatoms. The minimum atomic E-state index is -0.0515. The van der Waals surface area contributed by atoms with Crippen molar-refractivity contribution >= 4 is 17.3 Å². The van der Waals surface area contributed by atoms with Crippen LogP contribution in [0.2, 0.25) is 0 Å². The zero-order valence-corrected chi connectivity index (χ0v) is 20.8. The summed E-state index contributed by atoms with van der Waals surface area (Å²) in [6.07, 6.45) is 3.68. The highest BCUT2D eigenvalue weighted by molar-refractivity contribution is 7.80. The van der Waals surface area contributed by atoms with Crippen LogP contribution >= 0.6 is 12.2 Å². The van der Waals surface area contributed by atoms with Crippen LogP contribution in [0, 0.1) is 27.7 Å². The summed E-state index contributed by atoms with van der Waals surface area (Å²) in [5.41, 5.74) is 9.43. The molecule has 1 saturated heterocycles. The Morgan fingerprint density at radius 2 is 1.59 bits per heavy atom. The molecule has 34 heavy (non-hydrogen) atoms. The van der Waals surface area contributed by atoms with Crippen LogP contribution < -0.4 is 5.32 Å². The fourth-order valence-corrected chi connectivity index (χ4v) is 5.48. The Morgan fingerprint density at radius 1 is 0.882 bits per heavy atom. The van der Waals surface area contributed by atoms with Crippen molar-refractivity contribution in [3.05, 3.63) is 113 Å². The van der Waals surface area contributed by atoms with Crippen molar-refractivity contribution in [2.45, 2.75) is 46.3 Å². The Kier molecular flexibility index (Phi) is 5.92. The molecule has 1 N–H and O–H groups in total. The Morgan fingerprint density at radius 3 is 2.24 bits per heavy atom. The number of hydrogen-bond acceptors (Lipinski definition) is 3. The quantitative estimate of drug-likeness (QED) is 0.383. The summed E-state index contributed by atoms with van der Waals surface area (Å²) in [6, 6.07) is 20.8. The van der Waals surface area contributed by atoms with E-state index in [1.807, 2.05) is 42.7 Å². The standard InChI is InChI=1S/C28H29N5S/c1-18-10-9-11-19(2)26(18)33-20(3)16-23(21(33)4)27-25(24-13-6-8-15-30-24)31-28(34)32(27)17-22-12-5-7-14-29-22/h5-16,25,27H,17H2,1-4H3,(H,31,34)/t25-,27-/m0/s1. The second-order valence-electron chi connectivity index (χ2n) is 8.98. The van der Waals surface area contributed by atoms with Crippen molar-refractivity contribution < 1.29 is 0 Å². The third-order valence-electron chi connectivity index (χ3n) is 6.71. The molecular formula is C28H29N5S. The molecule has 5 nitrogen and oxygen atoms in total. The first-order chi connectivity index (χ1) is 16.5. The van der Waals surface area contributed by atoms with Gasteiger partial charge in [0.15, 0.2) is 5.11 Å². The smallest absolute Gasteiger partial charge is 0.170 e. The molecule has 4 aromatic rings. The first-order valence-electron chi connectivity index (χ1n) is 11.6. The van der Waals surface area contributed by atoms with Gasteiger partial charge in [-0.2, -0.15) is 0 Å². The minimum Gasteiger partial charge on any atom is -0.352 e. The average molecular weight is 468 g/mol. The number of thiocarbonyl (C=S) groups is 1. The van der Waals surface area contributed by atoms with Crippen LogP contribution in [0.25, 0.3) is 5.69 Å². The maximum atomic E-state index is 5.86. The first kappa shape index (κ1) is 22.3. The van der Waals surface area contributed by atoms with Crippen LogP contribution in [-0.2, 0) is 6.54 Å². The fraction of sp³-hybridized carbons (Fsp3) is 0.250. The second-order valence-corrected chi connectivity index (χ2v) is 9.36. The van der Waals surface area contributed by atoms with Crippen LogP contribution in [0.1, 0.15) is 51.5 Å². The van der Waals surface area contributed by atoms with Gasteiger partial charge < -0.3 is 14.8 Å². The van der Waals surface area contributed by atoms with Gasteiger partial charge in [0.05, 0.1) is 35.7 Å². The zero-order valence-electron chi connectivity index (χ0n) is 20.0. The second kappa shape index (κ2) is 9.03. The highest BCUT2D eigenvalue weighted by Crippen LogP contribution is 2.42. The third-order valence-corrected chi connectivity index (χ3v) is 7.06. The van der Waals surface area contributed by atoms with Crippen molar-refractivity contribution in [3.63, 3.8) is 0 Å². The summed E-state index contributed by atoms with van der Waals surface area (Å²) in [5.74, 6) is 0.